The van der Waals surface area contributed by atoms with E-state index in [-0.39, 0.29) is 17.4 Å². The first-order valence-electron chi connectivity index (χ1n) is 9.89. The maximum absolute atomic E-state index is 13.3. The number of pyridine rings is 1. The zero-order chi connectivity index (χ0) is 20.9. The first-order chi connectivity index (χ1) is 14.5. The number of piperidine rings is 1. The summed E-state index contributed by atoms with van der Waals surface area (Å²) in [4.78, 5) is 13.3. The lowest BCUT2D eigenvalue weighted by Crippen LogP contribution is -2.49. The Bertz CT molecular complexity index is 1230. The third-order valence-electron chi connectivity index (χ3n) is 6.06. The molecular weight excluding hydrogens is 420 g/mol. The molecule has 4 heterocycles. The smallest absolute Gasteiger partial charge is 0.258 e. The zero-order valence-corrected chi connectivity index (χ0v) is 18.2. The van der Waals surface area contributed by atoms with Crippen molar-refractivity contribution >= 4 is 21.4 Å². The molecule has 3 aromatic rings. The number of nitrogens with zero attached hydrogens (tertiary/aromatic N) is 2. The third kappa shape index (κ3) is 3.19. The Morgan fingerprint density at radius 3 is 2.53 bits per heavy atom. The van der Waals surface area contributed by atoms with Crippen LogP contribution in [0.25, 0.3) is 11.1 Å². The Morgan fingerprint density at radius 2 is 1.83 bits per heavy atom. The molecule has 2 aliphatic rings. The molecule has 2 unspecified atom stereocenters. The van der Waals surface area contributed by atoms with Gasteiger partial charge in [-0.3, -0.25) is 4.79 Å². The number of fused-ring (bicyclic) bond motifs is 4. The van der Waals surface area contributed by atoms with E-state index in [4.69, 9.17) is 4.74 Å². The number of sulfonamides is 1. The van der Waals surface area contributed by atoms with E-state index in [0.29, 0.717) is 29.4 Å². The average Bonchev–Trinajstić information content (AvgIpc) is 3.30. The summed E-state index contributed by atoms with van der Waals surface area (Å²) >= 11 is 1.25. The van der Waals surface area contributed by atoms with Crippen molar-refractivity contribution in [3.8, 4) is 16.9 Å². The van der Waals surface area contributed by atoms with Crippen LogP contribution in [0.1, 0.15) is 18.0 Å². The summed E-state index contributed by atoms with van der Waals surface area (Å²) < 4.78 is 35.1. The van der Waals surface area contributed by atoms with Gasteiger partial charge < -0.3 is 9.30 Å². The van der Waals surface area contributed by atoms with Crippen LogP contribution in [0.5, 0.6) is 5.75 Å². The molecule has 2 aliphatic heterocycles. The maximum atomic E-state index is 13.3. The summed E-state index contributed by atoms with van der Waals surface area (Å²) in [6.07, 6.45) is 0.914. The van der Waals surface area contributed by atoms with Gasteiger partial charge in [0.2, 0.25) is 0 Å². The molecule has 6 nitrogen and oxygen atoms in total. The van der Waals surface area contributed by atoms with Crippen LogP contribution in [0.2, 0.25) is 0 Å². The van der Waals surface area contributed by atoms with Crippen molar-refractivity contribution in [1.29, 1.82) is 0 Å². The molecule has 30 heavy (non-hydrogen) atoms. The van der Waals surface area contributed by atoms with Crippen molar-refractivity contribution in [2.75, 3.05) is 20.2 Å². The summed E-state index contributed by atoms with van der Waals surface area (Å²) in [6, 6.07) is 14.7. The summed E-state index contributed by atoms with van der Waals surface area (Å²) in [5.74, 6) is 0.915. The number of benzene rings is 1. The van der Waals surface area contributed by atoms with Gasteiger partial charge in [0, 0.05) is 36.8 Å². The maximum Gasteiger partial charge on any atom is 0.258 e. The molecule has 1 fully saturated rings. The molecule has 2 bridgehead atoms. The molecule has 2 atom stereocenters. The normalized spacial score (nSPS) is 21.2. The standard InChI is InChI=1S/C22H22N2O4S2/c1-28-18-6-4-16(5-7-18)19-8-9-20-17-11-15(13-24(20)22(19)25)12-23(14-17)30(26,27)21-3-2-10-29-21/h2-10,15,17H,11-14H2,1H3. The van der Waals surface area contributed by atoms with Crippen molar-refractivity contribution < 1.29 is 13.2 Å². The molecule has 0 aliphatic carbocycles. The molecule has 1 saturated heterocycles. The van der Waals surface area contributed by atoms with E-state index in [2.05, 4.69) is 0 Å². The second kappa shape index (κ2) is 7.37. The van der Waals surface area contributed by atoms with Gasteiger partial charge in [0.05, 0.1) is 7.11 Å². The number of methoxy groups -OCH3 is 1. The predicted octanol–water partition coefficient (Wildman–Crippen LogP) is 3.39. The SMILES string of the molecule is COc1ccc(-c2ccc3n(c2=O)CC2CC3CN(S(=O)(=O)c3cccs3)C2)cc1. The summed E-state index contributed by atoms with van der Waals surface area (Å²) in [5, 5.41) is 1.78. The minimum Gasteiger partial charge on any atom is -0.497 e. The fourth-order valence-electron chi connectivity index (χ4n) is 4.63. The Morgan fingerprint density at radius 1 is 1.03 bits per heavy atom. The number of rotatable bonds is 4. The van der Waals surface area contributed by atoms with E-state index in [1.54, 1.807) is 28.9 Å². The Kier molecular flexibility index (Phi) is 4.80. The fraction of sp³-hybridized carbons (Fsp3) is 0.318. The lowest BCUT2D eigenvalue weighted by atomic mass is 9.84. The molecule has 0 amide bonds. The van der Waals surface area contributed by atoms with E-state index in [1.165, 1.54) is 11.3 Å². The lowest BCUT2D eigenvalue weighted by Gasteiger charge is -2.42. The molecule has 0 N–H and O–H groups in total. The van der Waals surface area contributed by atoms with Gasteiger partial charge in [0.25, 0.3) is 15.6 Å². The van der Waals surface area contributed by atoms with Crippen LogP contribution in [0, 0.1) is 5.92 Å². The van der Waals surface area contributed by atoms with E-state index >= 15 is 0 Å². The van der Waals surface area contributed by atoms with Crippen molar-refractivity contribution in [2.24, 2.45) is 5.92 Å². The van der Waals surface area contributed by atoms with Gasteiger partial charge in [0.15, 0.2) is 0 Å². The van der Waals surface area contributed by atoms with E-state index in [1.807, 2.05) is 41.0 Å². The lowest BCUT2D eigenvalue weighted by molar-refractivity contribution is 0.186. The quantitative estimate of drug-likeness (QED) is 0.621. The number of hydrogen-bond donors (Lipinski definition) is 0. The Labute approximate surface area is 179 Å². The van der Waals surface area contributed by atoms with Gasteiger partial charge in [-0.1, -0.05) is 18.2 Å². The molecule has 0 radical (unpaired) electrons. The zero-order valence-electron chi connectivity index (χ0n) is 16.5. The highest BCUT2D eigenvalue weighted by Gasteiger charge is 2.40. The highest BCUT2D eigenvalue weighted by Crippen LogP contribution is 2.38. The summed E-state index contributed by atoms with van der Waals surface area (Å²) in [5.41, 5.74) is 2.43. The Hall–Kier alpha value is -2.42. The first-order valence-corrected chi connectivity index (χ1v) is 12.2. The van der Waals surface area contributed by atoms with E-state index in [9.17, 15) is 13.2 Å². The van der Waals surface area contributed by atoms with Gasteiger partial charge in [-0.25, -0.2) is 8.42 Å². The van der Waals surface area contributed by atoms with Crippen LogP contribution < -0.4 is 10.3 Å². The molecule has 5 rings (SSSR count). The molecule has 8 heteroatoms. The second-order valence-corrected chi connectivity index (χ2v) is 11.0. The van der Waals surface area contributed by atoms with Gasteiger partial charge in [0.1, 0.15) is 9.96 Å². The van der Waals surface area contributed by atoms with E-state index in [0.717, 1.165) is 23.4 Å². The van der Waals surface area contributed by atoms with Gasteiger partial charge in [-0.15, -0.1) is 11.3 Å². The highest BCUT2D eigenvalue weighted by atomic mass is 32.2. The number of thiophene rings is 1. The minimum atomic E-state index is -3.48. The van der Waals surface area contributed by atoms with Crippen LogP contribution in [-0.4, -0.2) is 37.5 Å². The average molecular weight is 443 g/mol. The van der Waals surface area contributed by atoms with Crippen LogP contribution in [0.4, 0.5) is 0 Å². The van der Waals surface area contributed by atoms with Crippen LogP contribution >= 0.6 is 11.3 Å². The monoisotopic (exact) mass is 442 g/mol. The first kappa shape index (κ1) is 19.5. The van der Waals surface area contributed by atoms with Crippen LogP contribution in [0.15, 0.2) is 62.9 Å². The fourth-order valence-corrected chi connectivity index (χ4v) is 7.33. The minimum absolute atomic E-state index is 0.0121. The van der Waals surface area contributed by atoms with Crippen molar-refractivity contribution in [3.63, 3.8) is 0 Å². The van der Waals surface area contributed by atoms with E-state index < -0.39 is 10.0 Å². The predicted molar refractivity (Wildman–Crippen MR) is 117 cm³/mol. The summed E-state index contributed by atoms with van der Waals surface area (Å²) in [6.45, 7) is 1.42. The van der Waals surface area contributed by atoms with Crippen molar-refractivity contribution in [1.82, 2.24) is 8.87 Å². The summed E-state index contributed by atoms with van der Waals surface area (Å²) in [7, 11) is -1.86. The number of aromatic nitrogens is 1. The van der Waals surface area contributed by atoms with Crippen molar-refractivity contribution in [2.45, 2.75) is 23.1 Å². The van der Waals surface area contributed by atoms with Gasteiger partial charge in [-0.2, -0.15) is 4.31 Å². The molecule has 1 aromatic carbocycles. The number of ether oxygens (including phenoxy) is 1. The van der Waals surface area contributed by atoms with Gasteiger partial charge in [-0.05, 0) is 53.6 Å². The van der Waals surface area contributed by atoms with Gasteiger partial charge >= 0.3 is 0 Å². The molecule has 0 saturated carbocycles. The highest BCUT2D eigenvalue weighted by molar-refractivity contribution is 7.91. The topological polar surface area (TPSA) is 68.6 Å². The Balaban J connectivity index is 1.49. The van der Waals surface area contributed by atoms with Crippen LogP contribution in [-0.2, 0) is 16.6 Å². The molecule has 156 valence electrons. The number of hydrogen-bond acceptors (Lipinski definition) is 5. The second-order valence-electron chi connectivity index (χ2n) is 7.87. The molecule has 2 aromatic heterocycles. The third-order valence-corrected chi connectivity index (χ3v) is 9.27. The van der Waals surface area contributed by atoms with Crippen molar-refractivity contribution in [3.05, 3.63) is 70.0 Å². The largest absolute Gasteiger partial charge is 0.497 e. The molecule has 0 spiro atoms. The molecular formula is C22H22N2O4S2. The van der Waals surface area contributed by atoms with Crippen LogP contribution in [0.3, 0.4) is 0 Å².